The molecule has 0 saturated carbocycles. The molecule has 0 heterocycles. The summed E-state index contributed by atoms with van der Waals surface area (Å²) in [6, 6.07) is 0. The van der Waals surface area contributed by atoms with Crippen LogP contribution in [0.1, 0.15) is 0 Å². The van der Waals surface area contributed by atoms with Gasteiger partial charge in [-0.1, -0.05) is 0 Å². The Labute approximate surface area is 51.0 Å². The smallest absolute Gasteiger partial charge is 0.403 e. The van der Waals surface area contributed by atoms with E-state index < -0.39 is 5.43 Å². The third kappa shape index (κ3) is 61.9. The highest BCUT2D eigenvalue weighted by Crippen LogP contribution is 1.78. The van der Waals surface area contributed by atoms with Crippen molar-refractivity contribution >= 4 is 23.5 Å². The second-order valence-electron chi connectivity index (χ2n) is 0.547. The molecule has 0 bridgehead atoms. The molecule has 0 aliphatic heterocycles. The Morgan fingerprint density at radius 1 is 1.88 bits per heavy atom. The number of carbonyl (C=O) groups excluding carboxylic acids is 1. The summed E-state index contributed by atoms with van der Waals surface area (Å²) in [5.41, 5.74) is -0.773. The molecule has 8 heavy (non-hydrogen) atoms. The number of halogens is 1. The lowest BCUT2D eigenvalue weighted by molar-refractivity contribution is -0.122. The topological polar surface area (TPSA) is 63.6 Å². The fourth-order valence-electron chi connectivity index (χ4n) is 0. The van der Waals surface area contributed by atoms with Gasteiger partial charge in [0.2, 0.25) is 0 Å². The Kier molecular flexibility index (Phi) is 12.2. The molecule has 0 saturated heterocycles. The Balaban J connectivity index is 0. The highest BCUT2D eigenvalue weighted by Gasteiger charge is 1.80. The van der Waals surface area contributed by atoms with Crippen molar-refractivity contribution in [2.45, 2.75) is 0 Å². The van der Waals surface area contributed by atoms with Gasteiger partial charge in [0.15, 0.2) is 0 Å². The van der Waals surface area contributed by atoms with Crippen LogP contribution in [-0.4, -0.2) is 24.1 Å². The van der Waals surface area contributed by atoms with E-state index in [2.05, 4.69) is 16.3 Å². The molecule has 0 rings (SSSR count). The van der Waals surface area contributed by atoms with Crippen molar-refractivity contribution in [1.82, 2.24) is 0 Å². The summed E-state index contributed by atoms with van der Waals surface area (Å²) in [6.45, 7) is -0.250. The maximum atomic E-state index is 9.36. The Hall–Kier alpha value is -0.770. The summed E-state index contributed by atoms with van der Waals surface area (Å²) in [7, 11) is 1.22. The van der Waals surface area contributed by atoms with Crippen LogP contribution in [0.3, 0.4) is 0 Å². The average Bonchev–Trinajstić information content (AvgIpc) is 1.69. The lowest BCUT2D eigenvalue weighted by atomic mass is 11.5. The minimum Gasteiger partial charge on any atom is -0.483 e. The number of methoxy groups -OCH3 is 1. The normalized spacial score (nSPS) is 5.75. The number of ether oxygens (including phenoxy) is 1. The Morgan fingerprint density at radius 2 is 2.00 bits per heavy atom. The number of hydrogen-bond acceptors (Lipinski definition) is 3. The van der Waals surface area contributed by atoms with Crippen molar-refractivity contribution in [2.24, 2.45) is 0 Å². The van der Waals surface area contributed by atoms with Crippen LogP contribution in [0, 0.1) is 0 Å². The Morgan fingerprint density at radius 3 is 2.00 bits per heavy atom. The average molecular weight is 141 g/mol. The van der Waals surface area contributed by atoms with E-state index >= 15 is 0 Å². The van der Waals surface area contributed by atoms with Gasteiger partial charge in [-0.3, -0.25) is 4.79 Å². The van der Waals surface area contributed by atoms with Crippen LogP contribution in [0.2, 0.25) is 0 Å². The second kappa shape index (κ2) is 9.52. The molecule has 0 spiro atoms. The van der Waals surface area contributed by atoms with Gasteiger partial charge in [-0.15, -0.1) is 0 Å². The van der Waals surface area contributed by atoms with Gasteiger partial charge in [0.05, 0.1) is 7.11 Å². The van der Waals surface area contributed by atoms with E-state index in [0.29, 0.717) is 0 Å². The lowest BCUT2D eigenvalue weighted by Gasteiger charge is -1.77. The molecule has 0 aliphatic carbocycles. The molecule has 0 aromatic heterocycles. The van der Waals surface area contributed by atoms with Crippen molar-refractivity contribution < 1.29 is 19.4 Å². The summed E-state index contributed by atoms with van der Waals surface area (Å²) in [4.78, 5) is 17.7. The maximum Gasteiger partial charge on any atom is 0.403 e. The summed E-state index contributed by atoms with van der Waals surface area (Å²) in [5, 5.41) is 6.89. The van der Waals surface area contributed by atoms with Gasteiger partial charge >= 0.3 is 5.43 Å². The Bertz CT molecular complexity index is 71.7. The van der Waals surface area contributed by atoms with E-state index in [-0.39, 0.29) is 6.47 Å². The lowest BCUT2D eigenvalue weighted by Crippen LogP contribution is -1.80. The molecule has 0 amide bonds. The van der Waals surface area contributed by atoms with Crippen molar-refractivity contribution in [1.29, 1.82) is 0 Å². The third-order valence-corrected chi connectivity index (χ3v) is 0.315. The minimum atomic E-state index is -0.773. The monoisotopic (exact) mass is 140 g/mol. The van der Waals surface area contributed by atoms with E-state index in [1.54, 1.807) is 0 Å². The summed E-state index contributed by atoms with van der Waals surface area (Å²) in [6.07, 6.45) is 0. The largest absolute Gasteiger partial charge is 0.483 e. The highest BCUT2D eigenvalue weighted by atomic mass is 35.5. The van der Waals surface area contributed by atoms with E-state index in [1.807, 2.05) is 0 Å². The van der Waals surface area contributed by atoms with Crippen LogP contribution >= 0.6 is 11.6 Å². The van der Waals surface area contributed by atoms with Crippen LogP contribution in [0.4, 0.5) is 4.79 Å². The van der Waals surface area contributed by atoms with Crippen molar-refractivity contribution in [2.75, 3.05) is 7.11 Å². The molecular formula is C3H5ClO4. The first kappa shape index (κ1) is 10.3. The van der Waals surface area contributed by atoms with Gasteiger partial charge in [-0.05, 0) is 0 Å². The van der Waals surface area contributed by atoms with Crippen LogP contribution in [0.25, 0.3) is 0 Å². The third-order valence-electron chi connectivity index (χ3n) is 0.160. The first-order valence-electron chi connectivity index (χ1n) is 1.50. The van der Waals surface area contributed by atoms with Crippen molar-refractivity contribution in [3.63, 3.8) is 0 Å². The SMILES string of the molecule is COC(=O)Cl.O=CO. The minimum absolute atomic E-state index is 0.250. The molecule has 0 atom stereocenters. The maximum absolute atomic E-state index is 9.36. The molecule has 0 fully saturated rings. The van der Waals surface area contributed by atoms with E-state index in [9.17, 15) is 4.79 Å². The molecule has 0 radical (unpaired) electrons. The zero-order valence-electron chi connectivity index (χ0n) is 4.13. The molecule has 48 valence electrons. The van der Waals surface area contributed by atoms with Gasteiger partial charge in [0, 0.05) is 11.6 Å². The number of carboxylic acid groups (broad SMARTS) is 1. The van der Waals surface area contributed by atoms with Gasteiger partial charge in [-0.25, -0.2) is 4.79 Å². The molecule has 0 aromatic rings. The molecule has 4 nitrogen and oxygen atoms in total. The predicted octanol–water partition coefficient (Wildman–Crippen LogP) is 0.692. The van der Waals surface area contributed by atoms with Gasteiger partial charge in [0.25, 0.3) is 6.47 Å². The van der Waals surface area contributed by atoms with Crippen LogP contribution < -0.4 is 0 Å². The molecule has 0 aliphatic rings. The van der Waals surface area contributed by atoms with Gasteiger partial charge < -0.3 is 9.84 Å². The number of hydrogen-bond donors (Lipinski definition) is 1. The summed E-state index contributed by atoms with van der Waals surface area (Å²) < 4.78 is 3.88. The standard InChI is InChI=1S/C2H3ClO2.CH2O2/c1-5-2(3)4;2-1-3/h1H3;1H,(H,2,3). The van der Waals surface area contributed by atoms with Crippen LogP contribution in [-0.2, 0) is 9.53 Å². The van der Waals surface area contributed by atoms with Crippen molar-refractivity contribution in [3.8, 4) is 0 Å². The van der Waals surface area contributed by atoms with Gasteiger partial charge in [-0.2, -0.15) is 0 Å². The molecular weight excluding hydrogens is 135 g/mol. The quantitative estimate of drug-likeness (QED) is 0.397. The van der Waals surface area contributed by atoms with Crippen LogP contribution in [0.5, 0.6) is 0 Å². The molecule has 0 unspecified atom stereocenters. The predicted molar refractivity (Wildman–Crippen MR) is 27.0 cm³/mol. The zero-order valence-corrected chi connectivity index (χ0v) is 4.88. The molecule has 0 aromatic carbocycles. The fourth-order valence-corrected chi connectivity index (χ4v) is 0. The van der Waals surface area contributed by atoms with E-state index in [1.165, 1.54) is 7.11 Å². The molecule has 5 heteroatoms. The van der Waals surface area contributed by atoms with Crippen LogP contribution in [0.15, 0.2) is 0 Å². The second-order valence-corrected chi connectivity index (χ2v) is 0.856. The van der Waals surface area contributed by atoms with Crippen molar-refractivity contribution in [3.05, 3.63) is 0 Å². The first-order valence-corrected chi connectivity index (χ1v) is 1.88. The summed E-state index contributed by atoms with van der Waals surface area (Å²) in [5.74, 6) is 0. The van der Waals surface area contributed by atoms with Gasteiger partial charge in [0.1, 0.15) is 0 Å². The number of rotatable bonds is 0. The van der Waals surface area contributed by atoms with E-state index in [0.717, 1.165) is 0 Å². The fraction of sp³-hybridized carbons (Fsp3) is 0.333. The van der Waals surface area contributed by atoms with E-state index in [4.69, 9.17) is 9.90 Å². The first-order chi connectivity index (χ1) is 3.68. The highest BCUT2D eigenvalue weighted by molar-refractivity contribution is 6.61. The molecule has 1 N–H and O–H groups in total. The number of carbonyl (C=O) groups is 2. The summed E-state index contributed by atoms with van der Waals surface area (Å²) >= 11 is 4.60. The zero-order chi connectivity index (χ0) is 6.99.